The molecular weight excluding hydrogens is 232 g/mol. The molecule has 7 heteroatoms. The highest BCUT2D eigenvalue weighted by atomic mass is 32.2. The van der Waals surface area contributed by atoms with E-state index in [4.69, 9.17) is 5.73 Å². The van der Waals surface area contributed by atoms with Crippen molar-refractivity contribution in [3.8, 4) is 0 Å². The number of rotatable bonds is 7. The second kappa shape index (κ2) is 6.82. The van der Waals surface area contributed by atoms with E-state index in [0.29, 0.717) is 12.8 Å². The molecule has 0 amide bonds. The van der Waals surface area contributed by atoms with Gasteiger partial charge in [0.2, 0.25) is 10.0 Å². The van der Waals surface area contributed by atoms with Crippen LogP contribution in [0, 0.1) is 0 Å². The first kappa shape index (κ1) is 15.3. The molecule has 0 spiro atoms. The molecule has 0 saturated heterocycles. The van der Waals surface area contributed by atoms with Crippen molar-refractivity contribution in [2.24, 2.45) is 5.73 Å². The summed E-state index contributed by atoms with van der Waals surface area (Å²) >= 11 is 0. The van der Waals surface area contributed by atoms with Crippen LogP contribution in [0.25, 0.3) is 0 Å². The molecule has 0 bridgehead atoms. The standard InChI is InChI=1S/C9H20N2O4S/c1-4-5-9(12)15-11-16(13,14)8(3)6-7(2)10/h7-8,11H,4-6,10H2,1-3H3. The zero-order valence-electron chi connectivity index (χ0n) is 9.89. The molecule has 3 N–H and O–H groups in total. The van der Waals surface area contributed by atoms with Crippen molar-refractivity contribution in [1.82, 2.24) is 4.89 Å². The van der Waals surface area contributed by atoms with Gasteiger partial charge in [-0.05, 0) is 31.6 Å². The molecule has 2 unspecified atom stereocenters. The van der Waals surface area contributed by atoms with Crippen molar-refractivity contribution in [1.29, 1.82) is 0 Å². The first-order valence-electron chi connectivity index (χ1n) is 5.25. The zero-order valence-corrected chi connectivity index (χ0v) is 10.7. The predicted molar refractivity (Wildman–Crippen MR) is 60.8 cm³/mol. The van der Waals surface area contributed by atoms with Crippen LogP contribution in [0.4, 0.5) is 0 Å². The Morgan fingerprint density at radius 1 is 1.44 bits per heavy atom. The number of nitrogens with one attached hydrogen (secondary N) is 1. The number of carbonyl (C=O) groups excluding carboxylic acids is 1. The van der Waals surface area contributed by atoms with Gasteiger partial charge in [0.25, 0.3) is 0 Å². The van der Waals surface area contributed by atoms with Crippen molar-refractivity contribution in [2.75, 3.05) is 0 Å². The van der Waals surface area contributed by atoms with Gasteiger partial charge >= 0.3 is 5.97 Å². The number of nitrogens with two attached hydrogens (primary N) is 1. The van der Waals surface area contributed by atoms with E-state index in [0.717, 1.165) is 0 Å². The van der Waals surface area contributed by atoms with Gasteiger partial charge in [0.05, 0.1) is 5.25 Å². The molecule has 0 fully saturated rings. The van der Waals surface area contributed by atoms with E-state index < -0.39 is 21.2 Å². The molecule has 6 nitrogen and oxygen atoms in total. The first-order chi connectivity index (χ1) is 7.29. The summed E-state index contributed by atoms with van der Waals surface area (Å²) in [5.41, 5.74) is 5.49. The summed E-state index contributed by atoms with van der Waals surface area (Å²) in [6.07, 6.45) is 1.10. The highest BCUT2D eigenvalue weighted by Crippen LogP contribution is 2.06. The summed E-state index contributed by atoms with van der Waals surface area (Å²) in [6, 6.07) is -0.224. The van der Waals surface area contributed by atoms with Gasteiger partial charge in [-0.2, -0.15) is 0 Å². The maximum atomic E-state index is 11.5. The maximum absolute atomic E-state index is 11.5. The minimum atomic E-state index is -3.64. The molecule has 0 aromatic rings. The van der Waals surface area contributed by atoms with Gasteiger partial charge in [-0.15, -0.1) is 0 Å². The number of carbonyl (C=O) groups is 1. The summed E-state index contributed by atoms with van der Waals surface area (Å²) in [7, 11) is -3.64. The second-order valence-corrected chi connectivity index (χ2v) is 5.94. The Morgan fingerprint density at radius 3 is 2.44 bits per heavy atom. The summed E-state index contributed by atoms with van der Waals surface area (Å²) in [5.74, 6) is -0.584. The summed E-state index contributed by atoms with van der Waals surface area (Å²) in [4.78, 5) is 17.2. The lowest BCUT2D eigenvalue weighted by atomic mass is 10.2. The number of hydrogen-bond donors (Lipinski definition) is 2. The molecule has 0 rings (SSSR count). The molecule has 0 radical (unpaired) electrons. The lowest BCUT2D eigenvalue weighted by Crippen LogP contribution is -2.37. The van der Waals surface area contributed by atoms with Crippen molar-refractivity contribution in [2.45, 2.75) is 51.3 Å². The van der Waals surface area contributed by atoms with Gasteiger partial charge in [-0.1, -0.05) is 6.92 Å². The molecule has 2 atom stereocenters. The number of sulfonamides is 1. The van der Waals surface area contributed by atoms with E-state index in [-0.39, 0.29) is 12.5 Å². The van der Waals surface area contributed by atoms with Crippen molar-refractivity contribution < 1.29 is 18.0 Å². The summed E-state index contributed by atoms with van der Waals surface area (Å²) in [6.45, 7) is 5.03. The third-order valence-electron chi connectivity index (χ3n) is 1.96. The molecule has 0 heterocycles. The SMILES string of the molecule is CCCC(=O)ONS(=O)(=O)C(C)CC(C)N. The van der Waals surface area contributed by atoms with Gasteiger partial charge in [-0.3, -0.25) is 4.79 Å². The van der Waals surface area contributed by atoms with Crippen molar-refractivity contribution in [3.63, 3.8) is 0 Å². The average Bonchev–Trinajstić information content (AvgIpc) is 2.14. The Morgan fingerprint density at radius 2 is 2.00 bits per heavy atom. The largest absolute Gasteiger partial charge is 0.356 e. The van der Waals surface area contributed by atoms with Crippen molar-refractivity contribution in [3.05, 3.63) is 0 Å². The normalized spacial score (nSPS) is 15.5. The second-order valence-electron chi connectivity index (χ2n) is 3.88. The van der Waals surface area contributed by atoms with Crippen molar-refractivity contribution >= 4 is 16.0 Å². The van der Waals surface area contributed by atoms with Crippen LogP contribution in [0.3, 0.4) is 0 Å². The molecular formula is C9H20N2O4S. The Hall–Kier alpha value is -0.660. The van der Waals surface area contributed by atoms with E-state index in [9.17, 15) is 13.2 Å². The molecule has 0 aliphatic carbocycles. The smallest absolute Gasteiger partial charge is 0.326 e. The van der Waals surface area contributed by atoms with Gasteiger partial charge in [0.1, 0.15) is 0 Å². The van der Waals surface area contributed by atoms with Crippen LogP contribution in [0.1, 0.15) is 40.0 Å². The molecule has 0 aromatic heterocycles. The molecule has 0 aromatic carbocycles. The Kier molecular flexibility index (Phi) is 6.54. The van der Waals surface area contributed by atoms with E-state index in [1.54, 1.807) is 13.8 Å². The average molecular weight is 252 g/mol. The van der Waals surface area contributed by atoms with Crippen LogP contribution in [0.5, 0.6) is 0 Å². The highest BCUT2D eigenvalue weighted by molar-refractivity contribution is 7.89. The minimum absolute atomic E-state index is 0.185. The predicted octanol–water partition coefficient (Wildman–Crippen LogP) is 0.290. The fourth-order valence-electron chi connectivity index (χ4n) is 1.09. The topological polar surface area (TPSA) is 98.5 Å². The fraction of sp³-hybridized carbons (Fsp3) is 0.889. The monoisotopic (exact) mass is 252 g/mol. The maximum Gasteiger partial charge on any atom is 0.326 e. The number of hydrogen-bond acceptors (Lipinski definition) is 5. The first-order valence-corrected chi connectivity index (χ1v) is 6.80. The molecule has 0 saturated carbocycles. The molecule has 0 aliphatic heterocycles. The van der Waals surface area contributed by atoms with Crippen LogP contribution in [0.15, 0.2) is 0 Å². The molecule has 16 heavy (non-hydrogen) atoms. The van der Waals surface area contributed by atoms with Crippen LogP contribution in [-0.4, -0.2) is 25.7 Å². The summed E-state index contributed by atoms with van der Waals surface area (Å²) in [5, 5.41) is -0.693. The Bertz CT molecular complexity index is 313. The van der Waals surface area contributed by atoms with E-state index in [1.165, 1.54) is 6.92 Å². The highest BCUT2D eigenvalue weighted by Gasteiger charge is 2.23. The van der Waals surface area contributed by atoms with Crippen LogP contribution >= 0.6 is 0 Å². The van der Waals surface area contributed by atoms with Crippen LogP contribution < -0.4 is 10.6 Å². The summed E-state index contributed by atoms with van der Waals surface area (Å²) < 4.78 is 23.1. The van der Waals surface area contributed by atoms with Gasteiger partial charge in [0.15, 0.2) is 0 Å². The third kappa shape index (κ3) is 6.04. The lowest BCUT2D eigenvalue weighted by Gasteiger charge is -2.15. The van der Waals surface area contributed by atoms with Crippen LogP contribution in [-0.2, 0) is 19.7 Å². The van der Waals surface area contributed by atoms with Gasteiger partial charge in [-0.25, -0.2) is 8.42 Å². The fourth-order valence-corrected chi connectivity index (χ4v) is 2.02. The van der Waals surface area contributed by atoms with E-state index in [1.807, 2.05) is 4.89 Å². The Balaban J connectivity index is 4.19. The molecule has 0 aliphatic rings. The van der Waals surface area contributed by atoms with Crippen LogP contribution in [0.2, 0.25) is 0 Å². The third-order valence-corrected chi connectivity index (χ3v) is 3.53. The molecule has 96 valence electrons. The van der Waals surface area contributed by atoms with Gasteiger partial charge < -0.3 is 10.6 Å². The van der Waals surface area contributed by atoms with Gasteiger partial charge in [0, 0.05) is 12.5 Å². The van der Waals surface area contributed by atoms with E-state index >= 15 is 0 Å². The van der Waals surface area contributed by atoms with E-state index in [2.05, 4.69) is 4.84 Å². The lowest BCUT2D eigenvalue weighted by molar-refractivity contribution is -0.147. The Labute approximate surface area is 96.5 Å². The minimum Gasteiger partial charge on any atom is -0.356 e. The zero-order chi connectivity index (χ0) is 12.8. The quantitative estimate of drug-likeness (QED) is 0.634.